The van der Waals surface area contributed by atoms with Crippen LogP contribution >= 0.6 is 0 Å². The van der Waals surface area contributed by atoms with Crippen LogP contribution in [0, 0.1) is 17.2 Å². The maximum Gasteiger partial charge on any atom is 0.326 e. The molecule has 256 valence electrons. The number of rotatable bonds is 22. The summed E-state index contributed by atoms with van der Waals surface area (Å²) < 4.78 is 0. The molecule has 0 saturated heterocycles. The summed E-state index contributed by atoms with van der Waals surface area (Å²) in [6.07, 6.45) is -0.690. The van der Waals surface area contributed by atoms with Gasteiger partial charge in [0.05, 0.1) is 12.5 Å². The first kappa shape index (κ1) is 40.5. The van der Waals surface area contributed by atoms with E-state index in [2.05, 4.69) is 26.6 Å². The molecule has 6 atom stereocenters. The predicted octanol–water partition coefficient (Wildman–Crippen LogP) is -2.57. The van der Waals surface area contributed by atoms with E-state index in [9.17, 15) is 38.7 Å². The Kier molecular flexibility index (Phi) is 18.4. The number of nitrogens with one attached hydrogen (secondary N) is 6. The Hall–Kier alpha value is -4.48. The Balaban J connectivity index is 5.91. The van der Waals surface area contributed by atoms with E-state index < -0.39 is 90.4 Å². The Bertz CT molecular complexity index is 1070. The molecule has 0 rings (SSSR count). The smallest absolute Gasteiger partial charge is 0.326 e. The number of carboxylic acids is 2. The summed E-state index contributed by atoms with van der Waals surface area (Å²) in [4.78, 5) is 87.0. The van der Waals surface area contributed by atoms with Crippen LogP contribution in [0.5, 0.6) is 0 Å². The van der Waals surface area contributed by atoms with E-state index >= 15 is 0 Å². The number of carboxylic acid groups (broad SMARTS) is 2. The van der Waals surface area contributed by atoms with Gasteiger partial charge in [-0.15, -0.1) is 0 Å². The molecule has 0 aliphatic heterocycles. The molecule has 5 amide bonds. The normalized spacial score (nSPS) is 14.9. The molecule has 14 N–H and O–H groups in total. The fourth-order valence-electron chi connectivity index (χ4n) is 4.12. The van der Waals surface area contributed by atoms with Crippen molar-refractivity contribution in [1.82, 2.24) is 26.6 Å². The van der Waals surface area contributed by atoms with E-state index in [1.165, 1.54) is 0 Å². The molecule has 0 spiro atoms. The maximum atomic E-state index is 13.4. The largest absolute Gasteiger partial charge is 0.481 e. The van der Waals surface area contributed by atoms with Crippen molar-refractivity contribution in [2.24, 2.45) is 29.0 Å². The Labute approximate surface area is 261 Å². The van der Waals surface area contributed by atoms with Gasteiger partial charge in [-0.25, -0.2) is 4.79 Å². The lowest BCUT2D eigenvalue weighted by molar-refractivity contribution is -0.143. The highest BCUT2D eigenvalue weighted by Gasteiger charge is 2.34. The number of carbonyl (C=O) groups excluding carboxylic acids is 5. The van der Waals surface area contributed by atoms with Crippen molar-refractivity contribution in [3.05, 3.63) is 0 Å². The second kappa shape index (κ2) is 20.5. The highest BCUT2D eigenvalue weighted by atomic mass is 16.4. The van der Waals surface area contributed by atoms with Crippen LogP contribution in [0.25, 0.3) is 0 Å². The van der Waals surface area contributed by atoms with E-state index in [-0.39, 0.29) is 37.7 Å². The zero-order valence-corrected chi connectivity index (χ0v) is 26.2. The minimum atomic E-state index is -1.60. The zero-order chi connectivity index (χ0) is 34.9. The predicted molar refractivity (Wildman–Crippen MR) is 162 cm³/mol. The molecule has 6 unspecified atom stereocenters. The van der Waals surface area contributed by atoms with Crippen molar-refractivity contribution in [3.63, 3.8) is 0 Å². The average molecular weight is 644 g/mol. The molecule has 0 aromatic carbocycles. The lowest BCUT2D eigenvalue weighted by Gasteiger charge is -2.29. The number of primary amides is 1. The summed E-state index contributed by atoms with van der Waals surface area (Å²) in [6, 6.07) is -6.65. The Morgan fingerprint density at radius 3 is 1.82 bits per heavy atom. The summed E-state index contributed by atoms with van der Waals surface area (Å²) >= 11 is 0. The topological polar surface area (TPSA) is 322 Å². The van der Waals surface area contributed by atoms with Crippen molar-refractivity contribution in [2.45, 2.75) is 103 Å². The molecule has 0 fully saturated rings. The summed E-state index contributed by atoms with van der Waals surface area (Å²) in [5, 5.41) is 37.9. The van der Waals surface area contributed by atoms with Gasteiger partial charge in [-0.1, -0.05) is 34.1 Å². The van der Waals surface area contributed by atoms with E-state index in [4.69, 9.17) is 27.7 Å². The molecule has 0 aliphatic rings. The number of guanidine groups is 1. The highest BCUT2D eigenvalue weighted by Crippen LogP contribution is 2.11. The van der Waals surface area contributed by atoms with Crippen LogP contribution in [0.4, 0.5) is 0 Å². The van der Waals surface area contributed by atoms with Crippen molar-refractivity contribution in [3.8, 4) is 0 Å². The summed E-state index contributed by atoms with van der Waals surface area (Å²) in [6.45, 7) is 7.19. The van der Waals surface area contributed by atoms with Crippen LogP contribution in [0.2, 0.25) is 0 Å². The van der Waals surface area contributed by atoms with E-state index in [0.29, 0.717) is 12.8 Å². The Morgan fingerprint density at radius 2 is 1.33 bits per heavy atom. The van der Waals surface area contributed by atoms with Gasteiger partial charge in [0.1, 0.15) is 24.2 Å². The van der Waals surface area contributed by atoms with Crippen LogP contribution in [0.1, 0.15) is 72.6 Å². The molecule has 45 heavy (non-hydrogen) atoms. The summed E-state index contributed by atoms with van der Waals surface area (Å²) in [5.74, 6) is -7.87. The van der Waals surface area contributed by atoms with Gasteiger partial charge in [0.15, 0.2) is 5.96 Å². The Morgan fingerprint density at radius 1 is 0.778 bits per heavy atom. The van der Waals surface area contributed by atoms with Gasteiger partial charge in [-0.2, -0.15) is 0 Å². The number of carbonyl (C=O) groups is 7. The second-order valence-corrected chi connectivity index (χ2v) is 11.2. The van der Waals surface area contributed by atoms with Crippen LogP contribution in [-0.2, 0) is 33.6 Å². The molecule has 0 aromatic rings. The molecule has 0 bridgehead atoms. The van der Waals surface area contributed by atoms with Crippen molar-refractivity contribution >= 4 is 47.4 Å². The first-order valence-electron chi connectivity index (χ1n) is 14.7. The first-order valence-corrected chi connectivity index (χ1v) is 14.7. The molecule has 18 heteroatoms. The van der Waals surface area contributed by atoms with E-state index in [1.807, 2.05) is 13.8 Å². The number of nitrogens with two attached hydrogens (primary N) is 3. The third kappa shape index (κ3) is 16.8. The van der Waals surface area contributed by atoms with Crippen LogP contribution < -0.4 is 43.8 Å². The zero-order valence-electron chi connectivity index (χ0n) is 26.2. The van der Waals surface area contributed by atoms with Gasteiger partial charge < -0.3 is 54.0 Å². The summed E-state index contributed by atoms with van der Waals surface area (Å²) in [5.41, 5.74) is 16.4. The van der Waals surface area contributed by atoms with E-state index in [1.54, 1.807) is 13.8 Å². The second-order valence-electron chi connectivity index (χ2n) is 11.2. The van der Waals surface area contributed by atoms with Crippen LogP contribution in [-0.4, -0.2) is 94.4 Å². The monoisotopic (exact) mass is 643 g/mol. The van der Waals surface area contributed by atoms with Crippen LogP contribution in [0.3, 0.4) is 0 Å². The number of aliphatic carboxylic acids is 2. The van der Waals surface area contributed by atoms with Gasteiger partial charge in [0, 0.05) is 13.0 Å². The van der Waals surface area contributed by atoms with Gasteiger partial charge >= 0.3 is 11.9 Å². The number of hydrogen-bond donors (Lipinski definition) is 11. The van der Waals surface area contributed by atoms with Gasteiger partial charge in [0.2, 0.25) is 29.5 Å². The number of amides is 5. The van der Waals surface area contributed by atoms with Crippen molar-refractivity contribution < 1.29 is 43.8 Å². The number of hydrogen-bond acceptors (Lipinski definition) is 9. The quantitative estimate of drug-likeness (QED) is 0.0329. The molecule has 18 nitrogen and oxygen atoms in total. The van der Waals surface area contributed by atoms with E-state index in [0.717, 1.165) is 0 Å². The molecule has 0 radical (unpaired) electrons. The lowest BCUT2D eigenvalue weighted by Crippen LogP contribution is -2.60. The average Bonchev–Trinajstić information content (AvgIpc) is 2.93. The van der Waals surface area contributed by atoms with Gasteiger partial charge in [-0.05, 0) is 37.5 Å². The highest BCUT2D eigenvalue weighted by molar-refractivity contribution is 5.97. The molecular weight excluding hydrogens is 594 g/mol. The SMILES string of the molecule is CCC(C)C(NC(=O)C(CCC(=O)O)NC(=O)C(N)CC(C)C)C(=O)NC(CC(N)=O)C(=O)NC(CCCNC(=N)N)C(=O)O. The molecule has 0 heterocycles. The third-order valence-electron chi connectivity index (χ3n) is 6.77. The lowest BCUT2D eigenvalue weighted by atomic mass is 9.96. The summed E-state index contributed by atoms with van der Waals surface area (Å²) in [7, 11) is 0. The third-order valence-corrected chi connectivity index (χ3v) is 6.77. The molecule has 0 aliphatic carbocycles. The van der Waals surface area contributed by atoms with Crippen molar-refractivity contribution in [1.29, 1.82) is 5.41 Å². The maximum absolute atomic E-state index is 13.4. The van der Waals surface area contributed by atoms with Crippen LogP contribution in [0.15, 0.2) is 0 Å². The fourth-order valence-corrected chi connectivity index (χ4v) is 4.12. The van der Waals surface area contributed by atoms with Gasteiger partial charge in [-0.3, -0.25) is 34.2 Å². The minimum absolute atomic E-state index is 0.0654. The standard InChI is InChI=1S/C27H49N9O9/c1-5-14(4)21(36-23(41)16(8-9-20(38)39)33-22(40)15(28)11-13(2)3)25(43)35-18(12-19(29)37)24(42)34-17(26(44)45)7-6-10-32-27(30)31/h13-18,21H,5-12,28H2,1-4H3,(H2,29,37)(H,33,40)(H,34,42)(H,35,43)(H,36,41)(H,38,39)(H,44,45)(H4,30,31,32). The molecule has 0 aromatic heterocycles. The molecular formula is C27H49N9O9. The fraction of sp³-hybridized carbons (Fsp3) is 0.704. The van der Waals surface area contributed by atoms with Crippen molar-refractivity contribution in [2.75, 3.05) is 6.54 Å². The first-order chi connectivity index (χ1) is 20.9. The molecule has 0 saturated carbocycles. The van der Waals surface area contributed by atoms with Gasteiger partial charge in [0.25, 0.3) is 0 Å². The minimum Gasteiger partial charge on any atom is -0.481 e.